The first-order valence-electron chi connectivity index (χ1n) is 11.8. The minimum atomic E-state index is -2.31. The Balaban J connectivity index is 4.59. The van der Waals surface area contributed by atoms with E-state index in [9.17, 15) is 29.1 Å². The number of hydrogen-bond donors (Lipinski definition) is 3. The van der Waals surface area contributed by atoms with Gasteiger partial charge >= 0.3 is 5.97 Å². The summed E-state index contributed by atoms with van der Waals surface area (Å²) < 4.78 is 11.2. The molecular formula is C23H44N2O8Si2. The summed E-state index contributed by atoms with van der Waals surface area (Å²) in [5.74, 6) is -3.48. The third-order valence-corrected chi connectivity index (χ3v) is 15.3. The zero-order chi connectivity index (χ0) is 27.8. The van der Waals surface area contributed by atoms with Crippen LogP contribution in [0, 0.1) is 0 Å². The smallest absolute Gasteiger partial charge is 0.328 e. The lowest BCUT2D eigenvalue weighted by molar-refractivity contribution is -0.142. The Morgan fingerprint density at radius 1 is 0.714 bits per heavy atom. The van der Waals surface area contributed by atoms with E-state index in [0.29, 0.717) is 0 Å². The van der Waals surface area contributed by atoms with Gasteiger partial charge in [-0.05, 0) is 36.3 Å². The van der Waals surface area contributed by atoms with Gasteiger partial charge in [-0.3, -0.25) is 19.2 Å². The molecule has 202 valence electrons. The predicted octanol–water partition coefficient (Wildman–Crippen LogP) is 3.33. The maximum absolute atomic E-state index is 12.2. The monoisotopic (exact) mass is 532 g/mol. The van der Waals surface area contributed by atoms with Crippen LogP contribution >= 0.6 is 0 Å². The van der Waals surface area contributed by atoms with Gasteiger partial charge in [0.05, 0.1) is 12.8 Å². The van der Waals surface area contributed by atoms with Crippen molar-refractivity contribution in [3.05, 3.63) is 0 Å². The molecule has 10 nitrogen and oxygen atoms in total. The average molecular weight is 533 g/mol. The van der Waals surface area contributed by atoms with Crippen molar-refractivity contribution in [2.45, 2.75) is 110 Å². The first-order chi connectivity index (χ1) is 15.6. The maximum atomic E-state index is 12.2. The standard InChI is InChI=1S/C23H44N2O8Si2/c1-22(2,3)34(7,8)32-19(28)13-11-17(26)24-15-16(21(30)31)25-18(27)12-14-20(29)33-35(9,10)23(4,5)6/h16H,11-15H2,1-10H3,(H,24,26)(H,25,27)(H,30,31). The van der Waals surface area contributed by atoms with Crippen LogP contribution in [0.25, 0.3) is 0 Å². The Morgan fingerprint density at radius 3 is 1.43 bits per heavy atom. The van der Waals surface area contributed by atoms with Crippen LogP contribution in [0.4, 0.5) is 0 Å². The van der Waals surface area contributed by atoms with Gasteiger partial charge in [-0.1, -0.05) is 41.5 Å². The van der Waals surface area contributed by atoms with Crippen molar-refractivity contribution in [3.63, 3.8) is 0 Å². The van der Waals surface area contributed by atoms with E-state index in [2.05, 4.69) is 10.6 Å². The first kappa shape index (κ1) is 32.8. The van der Waals surface area contributed by atoms with Crippen LogP contribution < -0.4 is 10.6 Å². The molecule has 0 aliphatic carbocycles. The average Bonchev–Trinajstić information content (AvgIpc) is 2.65. The maximum Gasteiger partial charge on any atom is 0.328 e. The summed E-state index contributed by atoms with van der Waals surface area (Å²) in [5, 5.41) is 13.7. The van der Waals surface area contributed by atoms with Crippen molar-refractivity contribution < 1.29 is 37.9 Å². The number of rotatable bonds is 12. The third-order valence-electron chi connectivity index (χ3n) is 6.60. The van der Waals surface area contributed by atoms with E-state index >= 15 is 0 Å². The van der Waals surface area contributed by atoms with E-state index in [4.69, 9.17) is 8.85 Å². The quantitative estimate of drug-likeness (QED) is 0.324. The van der Waals surface area contributed by atoms with Crippen molar-refractivity contribution in [3.8, 4) is 0 Å². The minimum absolute atomic E-state index is 0.126. The van der Waals surface area contributed by atoms with E-state index in [1.54, 1.807) is 0 Å². The molecule has 0 aliphatic heterocycles. The Labute approximate surface area is 211 Å². The fraction of sp³-hybridized carbons (Fsp3) is 0.783. The van der Waals surface area contributed by atoms with Gasteiger partial charge in [0.15, 0.2) is 0 Å². The summed E-state index contributed by atoms with van der Waals surface area (Å²) in [6.45, 7) is 19.3. The van der Waals surface area contributed by atoms with Crippen molar-refractivity contribution in [2.75, 3.05) is 6.54 Å². The number of carboxylic acid groups (broad SMARTS) is 1. The van der Waals surface area contributed by atoms with Crippen LogP contribution in [-0.4, -0.2) is 64.1 Å². The number of nitrogens with one attached hydrogen (secondary N) is 2. The molecule has 0 aromatic heterocycles. The Kier molecular flexibility index (Phi) is 11.9. The largest absolute Gasteiger partial charge is 0.519 e. The van der Waals surface area contributed by atoms with Gasteiger partial charge in [0, 0.05) is 19.4 Å². The molecule has 0 fully saturated rings. The van der Waals surface area contributed by atoms with E-state index in [1.807, 2.05) is 67.7 Å². The predicted molar refractivity (Wildman–Crippen MR) is 138 cm³/mol. The second-order valence-electron chi connectivity index (χ2n) is 11.7. The first-order valence-corrected chi connectivity index (χ1v) is 17.6. The number of amides is 2. The Morgan fingerprint density at radius 2 is 1.09 bits per heavy atom. The lowest BCUT2D eigenvalue weighted by atomic mass is 10.2. The molecular weight excluding hydrogens is 488 g/mol. The summed E-state index contributed by atoms with van der Waals surface area (Å²) >= 11 is 0. The molecule has 0 aliphatic rings. The molecule has 1 atom stereocenters. The van der Waals surface area contributed by atoms with Crippen LogP contribution in [0.3, 0.4) is 0 Å². The third kappa shape index (κ3) is 11.8. The fourth-order valence-electron chi connectivity index (χ4n) is 2.18. The molecule has 0 rings (SSSR count). The van der Waals surface area contributed by atoms with Crippen LogP contribution in [0.2, 0.25) is 36.3 Å². The molecule has 0 radical (unpaired) electrons. The van der Waals surface area contributed by atoms with Crippen molar-refractivity contribution in [2.24, 2.45) is 0 Å². The lowest BCUT2D eigenvalue weighted by Gasteiger charge is -2.35. The molecule has 0 bridgehead atoms. The van der Waals surface area contributed by atoms with Gasteiger partial charge in [-0.2, -0.15) is 0 Å². The van der Waals surface area contributed by atoms with Gasteiger partial charge < -0.3 is 24.6 Å². The summed E-state index contributed by atoms with van der Waals surface area (Å²) in [6.07, 6.45) is -0.691. The molecule has 2 amide bonds. The zero-order valence-electron chi connectivity index (χ0n) is 22.9. The number of aliphatic carboxylic acids is 1. The van der Waals surface area contributed by atoms with Crippen LogP contribution in [0.5, 0.6) is 0 Å². The minimum Gasteiger partial charge on any atom is -0.519 e. The molecule has 35 heavy (non-hydrogen) atoms. The number of carbonyl (C=O) groups is 5. The van der Waals surface area contributed by atoms with E-state index < -0.39 is 52.4 Å². The number of hydrogen-bond acceptors (Lipinski definition) is 7. The molecule has 0 saturated heterocycles. The second kappa shape index (κ2) is 12.7. The van der Waals surface area contributed by atoms with E-state index in [1.165, 1.54) is 0 Å². The normalized spacial score (nSPS) is 13.4. The SMILES string of the molecule is CC(C)(C)[Si](C)(C)OC(=O)CCC(=O)NCC(NC(=O)CCC(=O)O[Si](C)(C)C(C)(C)C)C(=O)O. The summed E-state index contributed by atoms with van der Waals surface area (Å²) in [4.78, 5) is 60.0. The molecule has 12 heteroatoms. The summed E-state index contributed by atoms with van der Waals surface area (Å²) in [7, 11) is -4.59. The summed E-state index contributed by atoms with van der Waals surface area (Å²) in [5.41, 5.74) is 0. The molecule has 1 unspecified atom stereocenters. The molecule has 3 N–H and O–H groups in total. The zero-order valence-corrected chi connectivity index (χ0v) is 24.9. The molecule has 0 spiro atoms. The fourth-order valence-corrected chi connectivity index (χ4v) is 4.13. The topological polar surface area (TPSA) is 148 Å². The van der Waals surface area contributed by atoms with Gasteiger partial charge in [-0.25, -0.2) is 4.79 Å². The highest BCUT2D eigenvalue weighted by atomic mass is 28.4. The highest BCUT2D eigenvalue weighted by Crippen LogP contribution is 2.37. The Hall–Kier alpha value is -2.22. The van der Waals surface area contributed by atoms with Crippen LogP contribution in [-0.2, 0) is 32.8 Å². The van der Waals surface area contributed by atoms with E-state index in [0.717, 1.165) is 0 Å². The lowest BCUT2D eigenvalue weighted by Crippen LogP contribution is -2.48. The highest BCUT2D eigenvalue weighted by Gasteiger charge is 2.41. The molecule has 0 saturated carbocycles. The Bertz CT molecular complexity index is 798. The van der Waals surface area contributed by atoms with Gasteiger partial charge in [0.25, 0.3) is 28.6 Å². The van der Waals surface area contributed by atoms with Crippen molar-refractivity contribution >= 4 is 46.4 Å². The van der Waals surface area contributed by atoms with Crippen LogP contribution in [0.1, 0.15) is 67.2 Å². The second-order valence-corrected chi connectivity index (χ2v) is 21.2. The van der Waals surface area contributed by atoms with Gasteiger partial charge in [0.1, 0.15) is 6.04 Å². The molecule has 0 aromatic rings. The molecule has 0 aromatic carbocycles. The highest BCUT2D eigenvalue weighted by molar-refractivity contribution is 6.75. The number of carbonyl (C=O) groups excluding carboxylic acids is 4. The van der Waals surface area contributed by atoms with Crippen molar-refractivity contribution in [1.82, 2.24) is 10.6 Å². The number of carboxylic acids is 1. The molecule has 0 heterocycles. The summed E-state index contributed by atoms with van der Waals surface area (Å²) in [6, 6.07) is -1.37. The van der Waals surface area contributed by atoms with Gasteiger partial charge in [0.2, 0.25) is 11.8 Å². The van der Waals surface area contributed by atoms with Crippen LogP contribution in [0.15, 0.2) is 0 Å². The van der Waals surface area contributed by atoms with Crippen molar-refractivity contribution in [1.29, 1.82) is 0 Å². The van der Waals surface area contributed by atoms with Gasteiger partial charge in [-0.15, -0.1) is 0 Å². The van der Waals surface area contributed by atoms with E-state index in [-0.39, 0.29) is 42.3 Å².